The number of rotatable bonds is 3. The highest BCUT2D eigenvalue weighted by molar-refractivity contribution is 7.15. The number of amides is 1. The molecule has 0 atom stereocenters. The van der Waals surface area contributed by atoms with Gasteiger partial charge in [-0.1, -0.05) is 13.3 Å². The summed E-state index contributed by atoms with van der Waals surface area (Å²) in [5, 5.41) is 8.84. The summed E-state index contributed by atoms with van der Waals surface area (Å²) in [6.07, 6.45) is 3.28. The molecule has 2 rings (SSSR count). The molecular weight excluding hydrogens is 250 g/mol. The van der Waals surface area contributed by atoms with Crippen molar-refractivity contribution in [1.82, 2.24) is 4.90 Å². The quantitative estimate of drug-likeness (QED) is 0.916. The molecule has 0 aliphatic carbocycles. The van der Waals surface area contributed by atoms with Crippen LogP contribution in [0.25, 0.3) is 0 Å². The van der Waals surface area contributed by atoms with Crippen molar-refractivity contribution in [3.8, 4) is 0 Å². The number of carbonyl (C=O) groups is 2. The molecule has 1 fully saturated rings. The van der Waals surface area contributed by atoms with Gasteiger partial charge in [-0.15, -0.1) is 11.3 Å². The molecule has 98 valence electrons. The van der Waals surface area contributed by atoms with Gasteiger partial charge in [0.05, 0.1) is 4.88 Å². The fraction of sp³-hybridized carbons (Fsp3) is 0.538. The van der Waals surface area contributed by atoms with Gasteiger partial charge in [-0.2, -0.15) is 0 Å². The van der Waals surface area contributed by atoms with E-state index in [1.54, 1.807) is 6.07 Å². The van der Waals surface area contributed by atoms with Crippen LogP contribution in [0.3, 0.4) is 0 Å². The van der Waals surface area contributed by atoms with E-state index in [-0.39, 0.29) is 10.8 Å². The van der Waals surface area contributed by atoms with Crippen LogP contribution >= 0.6 is 11.3 Å². The smallest absolute Gasteiger partial charge is 0.345 e. The fourth-order valence-corrected chi connectivity index (χ4v) is 3.08. The third-order valence-electron chi connectivity index (χ3n) is 3.51. The lowest BCUT2D eigenvalue weighted by Gasteiger charge is -2.31. The van der Waals surface area contributed by atoms with Crippen LogP contribution in [0.4, 0.5) is 0 Å². The minimum atomic E-state index is -0.969. The summed E-state index contributed by atoms with van der Waals surface area (Å²) >= 11 is 1.06. The zero-order chi connectivity index (χ0) is 13.1. The average molecular weight is 267 g/mol. The largest absolute Gasteiger partial charge is 0.477 e. The predicted octanol–water partition coefficient (Wildman–Crippen LogP) is 2.71. The second-order valence-electron chi connectivity index (χ2n) is 4.61. The second-order valence-corrected chi connectivity index (χ2v) is 5.70. The molecule has 1 aromatic rings. The minimum absolute atomic E-state index is 0.0259. The molecule has 0 saturated carbocycles. The lowest BCUT2D eigenvalue weighted by Crippen LogP contribution is -2.38. The van der Waals surface area contributed by atoms with Gasteiger partial charge in [0.15, 0.2) is 0 Å². The zero-order valence-corrected chi connectivity index (χ0v) is 11.2. The molecule has 1 N–H and O–H groups in total. The minimum Gasteiger partial charge on any atom is -0.477 e. The van der Waals surface area contributed by atoms with E-state index in [4.69, 9.17) is 5.11 Å². The van der Waals surface area contributed by atoms with Crippen molar-refractivity contribution in [1.29, 1.82) is 0 Å². The third kappa shape index (κ3) is 2.72. The van der Waals surface area contributed by atoms with Gasteiger partial charge < -0.3 is 10.0 Å². The molecule has 1 amide bonds. The number of hydrogen-bond acceptors (Lipinski definition) is 3. The first-order valence-electron chi connectivity index (χ1n) is 6.24. The molecule has 0 unspecified atom stereocenters. The Kier molecular flexibility index (Phi) is 4.01. The normalized spacial score (nSPS) is 16.8. The number of piperidine rings is 1. The molecule has 0 spiro atoms. The molecular formula is C13H17NO3S. The van der Waals surface area contributed by atoms with Crippen LogP contribution in [0.5, 0.6) is 0 Å². The predicted molar refractivity (Wildman–Crippen MR) is 70.2 cm³/mol. The molecule has 0 radical (unpaired) electrons. The van der Waals surface area contributed by atoms with Gasteiger partial charge in [0.1, 0.15) is 4.88 Å². The van der Waals surface area contributed by atoms with Gasteiger partial charge in [-0.3, -0.25) is 4.79 Å². The Morgan fingerprint density at radius 2 is 1.94 bits per heavy atom. The number of likely N-dealkylation sites (tertiary alicyclic amines) is 1. The molecule has 0 bridgehead atoms. The monoisotopic (exact) mass is 267 g/mol. The fourth-order valence-electron chi connectivity index (χ4n) is 2.27. The summed E-state index contributed by atoms with van der Waals surface area (Å²) in [6, 6.07) is 3.11. The Bertz CT molecular complexity index is 447. The highest BCUT2D eigenvalue weighted by Crippen LogP contribution is 2.24. The first kappa shape index (κ1) is 13.1. The second kappa shape index (κ2) is 5.52. The molecule has 5 heteroatoms. The van der Waals surface area contributed by atoms with Crippen molar-refractivity contribution in [2.75, 3.05) is 13.1 Å². The van der Waals surface area contributed by atoms with Crippen molar-refractivity contribution >= 4 is 23.2 Å². The van der Waals surface area contributed by atoms with Crippen LogP contribution < -0.4 is 0 Å². The highest BCUT2D eigenvalue weighted by atomic mass is 32.1. The number of carboxylic acid groups (broad SMARTS) is 1. The van der Waals surface area contributed by atoms with Crippen molar-refractivity contribution in [3.05, 3.63) is 21.9 Å². The molecule has 2 heterocycles. The van der Waals surface area contributed by atoms with Crippen LogP contribution in [0.15, 0.2) is 12.1 Å². The Labute approximate surface area is 110 Å². The maximum absolute atomic E-state index is 12.2. The van der Waals surface area contributed by atoms with Gasteiger partial charge >= 0.3 is 5.97 Å². The number of aromatic carboxylic acids is 1. The molecule has 1 aliphatic rings. The topological polar surface area (TPSA) is 57.6 Å². The van der Waals surface area contributed by atoms with E-state index < -0.39 is 5.97 Å². The molecule has 1 aromatic heterocycles. The maximum atomic E-state index is 12.2. The van der Waals surface area contributed by atoms with Crippen molar-refractivity contribution in [2.24, 2.45) is 5.92 Å². The Hall–Kier alpha value is -1.36. The summed E-state index contributed by atoms with van der Waals surface area (Å²) in [4.78, 5) is 25.5. The van der Waals surface area contributed by atoms with Crippen molar-refractivity contribution < 1.29 is 14.7 Å². The number of hydrogen-bond donors (Lipinski definition) is 1. The summed E-state index contributed by atoms with van der Waals surface area (Å²) in [5.74, 6) is -0.266. The SMILES string of the molecule is CCC1CCN(C(=O)c2ccc(C(=O)O)s2)CC1. The van der Waals surface area contributed by atoms with Crippen LogP contribution in [-0.4, -0.2) is 35.0 Å². The summed E-state index contributed by atoms with van der Waals surface area (Å²) in [5.41, 5.74) is 0. The number of thiophene rings is 1. The van der Waals surface area contributed by atoms with Gasteiger partial charge in [0, 0.05) is 13.1 Å². The molecule has 4 nitrogen and oxygen atoms in total. The first-order valence-corrected chi connectivity index (χ1v) is 7.06. The molecule has 1 saturated heterocycles. The number of carboxylic acids is 1. The van der Waals surface area contributed by atoms with Gasteiger partial charge in [0.25, 0.3) is 5.91 Å². The molecule has 0 aromatic carbocycles. The Morgan fingerprint density at radius 1 is 1.33 bits per heavy atom. The van der Waals surface area contributed by atoms with Crippen LogP contribution in [-0.2, 0) is 0 Å². The van der Waals surface area contributed by atoms with E-state index in [0.29, 0.717) is 4.88 Å². The van der Waals surface area contributed by atoms with E-state index in [1.807, 2.05) is 4.90 Å². The first-order chi connectivity index (χ1) is 8.61. The Morgan fingerprint density at radius 3 is 2.44 bits per heavy atom. The lowest BCUT2D eigenvalue weighted by molar-refractivity contribution is 0.0689. The van der Waals surface area contributed by atoms with E-state index >= 15 is 0 Å². The average Bonchev–Trinajstić information content (AvgIpc) is 2.88. The van der Waals surface area contributed by atoms with Crippen LogP contribution in [0, 0.1) is 5.92 Å². The van der Waals surface area contributed by atoms with E-state index in [0.717, 1.165) is 43.2 Å². The van der Waals surface area contributed by atoms with Crippen LogP contribution in [0.1, 0.15) is 45.5 Å². The standard InChI is InChI=1S/C13H17NO3S/c1-2-9-5-7-14(8-6-9)12(15)10-3-4-11(18-10)13(16)17/h3-4,9H,2,5-8H2,1H3,(H,16,17). The van der Waals surface area contributed by atoms with Gasteiger partial charge in [-0.25, -0.2) is 4.79 Å². The molecule has 1 aliphatic heterocycles. The maximum Gasteiger partial charge on any atom is 0.345 e. The summed E-state index contributed by atoms with van der Waals surface area (Å²) in [7, 11) is 0. The summed E-state index contributed by atoms with van der Waals surface area (Å²) < 4.78 is 0. The van der Waals surface area contributed by atoms with E-state index in [9.17, 15) is 9.59 Å². The number of carbonyl (C=O) groups excluding carboxylic acids is 1. The number of nitrogens with zero attached hydrogens (tertiary/aromatic N) is 1. The zero-order valence-electron chi connectivity index (χ0n) is 10.4. The Balaban J connectivity index is 2.01. The molecule has 18 heavy (non-hydrogen) atoms. The highest BCUT2D eigenvalue weighted by Gasteiger charge is 2.24. The third-order valence-corrected chi connectivity index (χ3v) is 4.57. The van der Waals surface area contributed by atoms with Crippen molar-refractivity contribution in [2.45, 2.75) is 26.2 Å². The van der Waals surface area contributed by atoms with E-state index in [1.165, 1.54) is 12.5 Å². The van der Waals surface area contributed by atoms with Gasteiger partial charge in [-0.05, 0) is 30.9 Å². The van der Waals surface area contributed by atoms with Gasteiger partial charge in [0.2, 0.25) is 0 Å². The lowest BCUT2D eigenvalue weighted by atomic mass is 9.94. The van der Waals surface area contributed by atoms with Crippen molar-refractivity contribution in [3.63, 3.8) is 0 Å². The van der Waals surface area contributed by atoms with E-state index in [2.05, 4.69) is 6.92 Å². The van der Waals surface area contributed by atoms with Crippen LogP contribution in [0.2, 0.25) is 0 Å². The summed E-state index contributed by atoms with van der Waals surface area (Å²) in [6.45, 7) is 3.76.